The zero-order chi connectivity index (χ0) is 6.43. The molecular formula is C5H6N2O2. The fourth-order valence-corrected chi connectivity index (χ4v) is 1.08. The van der Waals surface area contributed by atoms with Gasteiger partial charge in [-0.1, -0.05) is 0 Å². The number of amides is 2. The summed E-state index contributed by atoms with van der Waals surface area (Å²) in [5, 5.41) is 0. The van der Waals surface area contributed by atoms with Crippen molar-refractivity contribution in [3.8, 4) is 0 Å². The summed E-state index contributed by atoms with van der Waals surface area (Å²) >= 11 is 0. The van der Waals surface area contributed by atoms with Crippen molar-refractivity contribution in [1.29, 1.82) is 0 Å². The maximum atomic E-state index is 10.7. The van der Waals surface area contributed by atoms with E-state index < -0.39 is 0 Å². The number of hydrogen-bond donors (Lipinski definition) is 2. The highest BCUT2D eigenvalue weighted by Gasteiger charge is 2.51. The summed E-state index contributed by atoms with van der Waals surface area (Å²) in [5.74, 6) is -0.114. The Bertz CT molecular complexity index is 169. The molecule has 9 heavy (non-hydrogen) atoms. The van der Waals surface area contributed by atoms with E-state index in [-0.39, 0.29) is 23.7 Å². The van der Waals surface area contributed by atoms with Crippen molar-refractivity contribution in [3.63, 3.8) is 0 Å². The lowest BCUT2D eigenvalue weighted by molar-refractivity contribution is -0.134. The average molecular weight is 126 g/mol. The Balaban J connectivity index is 2.17. The Hall–Kier alpha value is -1.06. The summed E-state index contributed by atoms with van der Waals surface area (Å²) in [6.45, 7) is 0. The highest BCUT2D eigenvalue weighted by atomic mass is 16.2. The highest BCUT2D eigenvalue weighted by molar-refractivity contribution is 5.97. The van der Waals surface area contributed by atoms with Gasteiger partial charge in [-0.2, -0.15) is 0 Å². The lowest BCUT2D eigenvalue weighted by Gasteiger charge is -2.10. The number of fused-ring (bicyclic) bond motifs is 1. The predicted molar refractivity (Wildman–Crippen MR) is 27.9 cm³/mol. The Labute approximate surface area is 51.6 Å². The number of carbonyl (C=O) groups excluding carboxylic acids is 2. The van der Waals surface area contributed by atoms with Gasteiger partial charge in [0, 0.05) is 0 Å². The fraction of sp³-hybridized carbons (Fsp3) is 0.600. The number of nitrogens with one attached hydrogen (secondary N) is 2. The zero-order valence-corrected chi connectivity index (χ0v) is 4.68. The van der Waals surface area contributed by atoms with Gasteiger partial charge in [-0.25, -0.2) is 0 Å². The number of hydrogen-bond acceptors (Lipinski definition) is 2. The molecule has 4 nitrogen and oxygen atoms in total. The first-order valence-electron chi connectivity index (χ1n) is 2.89. The third-order valence-electron chi connectivity index (χ3n) is 1.77. The van der Waals surface area contributed by atoms with Crippen molar-refractivity contribution in [2.45, 2.75) is 6.42 Å². The molecule has 0 aromatic heterocycles. The monoisotopic (exact) mass is 126 g/mol. The molecule has 0 spiro atoms. The summed E-state index contributed by atoms with van der Waals surface area (Å²) in [4.78, 5) is 21.3. The van der Waals surface area contributed by atoms with Crippen LogP contribution in [0.3, 0.4) is 0 Å². The second-order valence-corrected chi connectivity index (χ2v) is 2.43. The minimum Gasteiger partial charge on any atom is -0.273 e. The molecule has 4 heteroatoms. The van der Waals surface area contributed by atoms with Gasteiger partial charge in [0.15, 0.2) is 0 Å². The van der Waals surface area contributed by atoms with Crippen LogP contribution in [-0.2, 0) is 9.59 Å². The number of carbonyl (C=O) groups is 2. The van der Waals surface area contributed by atoms with Crippen LogP contribution in [0.2, 0.25) is 0 Å². The molecule has 2 aliphatic rings. The summed E-state index contributed by atoms with van der Waals surface area (Å²) < 4.78 is 0. The molecule has 2 rings (SSSR count). The SMILES string of the molecule is O=C1NNC(=O)[C@H]2C[C@H]12. The molecule has 1 aliphatic carbocycles. The van der Waals surface area contributed by atoms with Crippen molar-refractivity contribution in [2.75, 3.05) is 0 Å². The van der Waals surface area contributed by atoms with Gasteiger partial charge in [-0.05, 0) is 6.42 Å². The quantitative estimate of drug-likeness (QED) is 0.427. The minimum atomic E-state index is -0.0420. The molecule has 2 atom stereocenters. The van der Waals surface area contributed by atoms with E-state index in [4.69, 9.17) is 0 Å². The molecular weight excluding hydrogens is 120 g/mol. The Morgan fingerprint density at radius 3 is 2.00 bits per heavy atom. The van der Waals surface area contributed by atoms with Crippen molar-refractivity contribution in [2.24, 2.45) is 11.8 Å². The first-order chi connectivity index (χ1) is 4.29. The van der Waals surface area contributed by atoms with E-state index in [1.807, 2.05) is 0 Å². The van der Waals surface area contributed by atoms with Crippen LogP contribution in [-0.4, -0.2) is 11.8 Å². The van der Waals surface area contributed by atoms with E-state index in [1.54, 1.807) is 0 Å². The third-order valence-corrected chi connectivity index (χ3v) is 1.77. The summed E-state index contributed by atoms with van der Waals surface area (Å²) in [6, 6.07) is 0. The van der Waals surface area contributed by atoms with Crippen LogP contribution in [0.4, 0.5) is 0 Å². The van der Waals surface area contributed by atoms with Crippen LogP contribution < -0.4 is 10.9 Å². The van der Waals surface area contributed by atoms with Crippen LogP contribution in [0, 0.1) is 11.8 Å². The van der Waals surface area contributed by atoms with Gasteiger partial charge >= 0.3 is 0 Å². The highest BCUT2D eigenvalue weighted by Crippen LogP contribution is 2.39. The summed E-state index contributed by atoms with van der Waals surface area (Å²) in [7, 11) is 0. The first-order valence-corrected chi connectivity index (χ1v) is 2.89. The molecule has 0 unspecified atom stereocenters. The first kappa shape index (κ1) is 4.78. The van der Waals surface area contributed by atoms with Crippen molar-refractivity contribution < 1.29 is 9.59 Å². The van der Waals surface area contributed by atoms with Crippen molar-refractivity contribution >= 4 is 11.8 Å². The molecule has 2 amide bonds. The maximum Gasteiger partial charge on any atom is 0.242 e. The molecule has 0 aromatic rings. The Morgan fingerprint density at radius 2 is 1.56 bits per heavy atom. The van der Waals surface area contributed by atoms with Crippen LogP contribution in [0.15, 0.2) is 0 Å². The van der Waals surface area contributed by atoms with Gasteiger partial charge in [0.05, 0.1) is 11.8 Å². The minimum absolute atomic E-state index is 0.0150. The molecule has 1 aliphatic heterocycles. The Morgan fingerprint density at radius 1 is 1.11 bits per heavy atom. The average Bonchev–Trinajstić information content (AvgIpc) is 2.57. The van der Waals surface area contributed by atoms with E-state index in [2.05, 4.69) is 10.9 Å². The molecule has 1 heterocycles. The van der Waals surface area contributed by atoms with E-state index in [0.29, 0.717) is 0 Å². The van der Waals surface area contributed by atoms with Gasteiger partial charge < -0.3 is 0 Å². The molecule has 0 radical (unpaired) electrons. The molecule has 2 N–H and O–H groups in total. The number of hydrazine groups is 1. The van der Waals surface area contributed by atoms with E-state index >= 15 is 0 Å². The molecule has 48 valence electrons. The molecule has 0 aromatic carbocycles. The van der Waals surface area contributed by atoms with Crippen LogP contribution >= 0.6 is 0 Å². The van der Waals surface area contributed by atoms with Crippen LogP contribution in [0.1, 0.15) is 6.42 Å². The van der Waals surface area contributed by atoms with Crippen LogP contribution in [0.25, 0.3) is 0 Å². The third kappa shape index (κ3) is 0.526. The second-order valence-electron chi connectivity index (χ2n) is 2.43. The Kier molecular flexibility index (Phi) is 0.670. The topological polar surface area (TPSA) is 58.2 Å². The standard InChI is InChI=1S/C5H6N2O2/c8-4-2-1-3(2)5(9)7-6-4/h2-3H,1H2,(H,6,8)(H,7,9)/t2-,3-/m0/s1. The van der Waals surface area contributed by atoms with Crippen LogP contribution in [0.5, 0.6) is 0 Å². The zero-order valence-electron chi connectivity index (χ0n) is 4.68. The largest absolute Gasteiger partial charge is 0.273 e. The number of rotatable bonds is 0. The van der Waals surface area contributed by atoms with Gasteiger partial charge in [0.1, 0.15) is 0 Å². The normalized spacial score (nSPS) is 38.7. The molecule has 1 saturated heterocycles. The summed E-state index contributed by atoms with van der Waals surface area (Å²) in [6.07, 6.45) is 0.734. The van der Waals surface area contributed by atoms with Gasteiger partial charge in [-0.3, -0.25) is 20.4 Å². The van der Waals surface area contributed by atoms with Crippen molar-refractivity contribution in [3.05, 3.63) is 0 Å². The second kappa shape index (κ2) is 1.26. The van der Waals surface area contributed by atoms with E-state index in [1.165, 1.54) is 0 Å². The van der Waals surface area contributed by atoms with Gasteiger partial charge in [0.2, 0.25) is 11.8 Å². The molecule has 2 fully saturated rings. The van der Waals surface area contributed by atoms with E-state index in [9.17, 15) is 9.59 Å². The fourth-order valence-electron chi connectivity index (χ4n) is 1.08. The summed E-state index contributed by atoms with van der Waals surface area (Å²) in [5.41, 5.74) is 4.57. The molecule has 0 bridgehead atoms. The van der Waals surface area contributed by atoms with Gasteiger partial charge in [0.25, 0.3) is 0 Å². The maximum absolute atomic E-state index is 10.7. The van der Waals surface area contributed by atoms with E-state index in [0.717, 1.165) is 6.42 Å². The molecule has 1 saturated carbocycles. The lowest BCUT2D eigenvalue weighted by atomic mass is 10.2. The predicted octanol–water partition coefficient (Wildman–Crippen LogP) is -1.22. The smallest absolute Gasteiger partial charge is 0.242 e. The van der Waals surface area contributed by atoms with Crippen molar-refractivity contribution in [1.82, 2.24) is 10.9 Å². The lowest BCUT2D eigenvalue weighted by Crippen LogP contribution is -2.47. The van der Waals surface area contributed by atoms with Gasteiger partial charge in [-0.15, -0.1) is 0 Å².